The summed E-state index contributed by atoms with van der Waals surface area (Å²) >= 11 is 0. The Balaban J connectivity index is 1.29. The molecular weight excluding hydrogens is 360 g/mol. The summed E-state index contributed by atoms with van der Waals surface area (Å²) in [5, 5.41) is 0. The van der Waals surface area contributed by atoms with Gasteiger partial charge in [0.05, 0.1) is 5.92 Å². The van der Waals surface area contributed by atoms with E-state index in [4.69, 9.17) is 0 Å². The van der Waals surface area contributed by atoms with Gasteiger partial charge in [-0.25, -0.2) is 0 Å². The minimum atomic E-state index is 0.0154. The fourth-order valence-electron chi connectivity index (χ4n) is 5.56. The van der Waals surface area contributed by atoms with Crippen molar-refractivity contribution in [2.45, 2.75) is 76.7 Å². The fraction of sp³-hybridized carbons (Fsp3) is 0.680. The SMILES string of the molecule is O=C(C1CCC(=O)N(C2CCCCCC2)C1)N1CCC(Cc2ccccc2)CC1. The van der Waals surface area contributed by atoms with Crippen molar-refractivity contribution in [3.8, 4) is 0 Å². The van der Waals surface area contributed by atoms with Gasteiger partial charge in [0.25, 0.3) is 0 Å². The van der Waals surface area contributed by atoms with E-state index in [1.165, 1.54) is 31.2 Å². The van der Waals surface area contributed by atoms with Gasteiger partial charge in [-0.15, -0.1) is 0 Å². The fourth-order valence-corrected chi connectivity index (χ4v) is 5.56. The van der Waals surface area contributed by atoms with E-state index in [1.54, 1.807) is 0 Å². The lowest BCUT2D eigenvalue weighted by Gasteiger charge is -2.40. The van der Waals surface area contributed by atoms with E-state index in [-0.39, 0.29) is 11.8 Å². The zero-order chi connectivity index (χ0) is 20.1. The Bertz CT molecular complexity index is 673. The predicted molar refractivity (Wildman–Crippen MR) is 115 cm³/mol. The molecule has 1 unspecified atom stereocenters. The summed E-state index contributed by atoms with van der Waals surface area (Å²) in [5.74, 6) is 1.27. The van der Waals surface area contributed by atoms with Crippen LogP contribution in [0.4, 0.5) is 0 Å². The largest absolute Gasteiger partial charge is 0.342 e. The van der Waals surface area contributed by atoms with E-state index in [9.17, 15) is 9.59 Å². The Hall–Kier alpha value is -1.84. The van der Waals surface area contributed by atoms with Crippen LogP contribution in [0.5, 0.6) is 0 Å². The zero-order valence-electron chi connectivity index (χ0n) is 17.7. The first-order valence-electron chi connectivity index (χ1n) is 11.8. The molecule has 1 aromatic rings. The third-order valence-corrected chi connectivity index (χ3v) is 7.35. The Labute approximate surface area is 175 Å². The molecular formula is C25H36N2O2. The maximum Gasteiger partial charge on any atom is 0.227 e. The second-order valence-corrected chi connectivity index (χ2v) is 9.39. The van der Waals surface area contributed by atoms with Gasteiger partial charge >= 0.3 is 0 Å². The minimum absolute atomic E-state index is 0.0154. The van der Waals surface area contributed by atoms with Crippen molar-refractivity contribution in [3.63, 3.8) is 0 Å². The lowest BCUT2D eigenvalue weighted by molar-refractivity contribution is -0.145. The molecule has 3 aliphatic rings. The van der Waals surface area contributed by atoms with Crippen molar-refractivity contribution < 1.29 is 9.59 Å². The lowest BCUT2D eigenvalue weighted by Crippen LogP contribution is -2.51. The molecule has 2 amide bonds. The molecule has 158 valence electrons. The van der Waals surface area contributed by atoms with Crippen LogP contribution in [-0.2, 0) is 16.0 Å². The molecule has 0 bridgehead atoms. The van der Waals surface area contributed by atoms with E-state index < -0.39 is 0 Å². The molecule has 0 radical (unpaired) electrons. The highest BCUT2D eigenvalue weighted by atomic mass is 16.2. The van der Waals surface area contributed by atoms with Crippen molar-refractivity contribution in [3.05, 3.63) is 35.9 Å². The quantitative estimate of drug-likeness (QED) is 0.707. The Morgan fingerprint density at radius 1 is 0.897 bits per heavy atom. The number of carbonyl (C=O) groups is 2. The first-order chi connectivity index (χ1) is 14.2. The number of benzene rings is 1. The number of likely N-dealkylation sites (tertiary alicyclic amines) is 2. The molecule has 29 heavy (non-hydrogen) atoms. The number of hydrogen-bond donors (Lipinski definition) is 0. The normalized spacial score (nSPS) is 25.1. The highest BCUT2D eigenvalue weighted by molar-refractivity contribution is 5.84. The van der Waals surface area contributed by atoms with Crippen molar-refractivity contribution in [1.29, 1.82) is 0 Å². The van der Waals surface area contributed by atoms with Crippen molar-refractivity contribution in [2.75, 3.05) is 19.6 Å². The van der Waals surface area contributed by atoms with Gasteiger partial charge in [-0.05, 0) is 50.0 Å². The van der Waals surface area contributed by atoms with Gasteiger partial charge in [-0.2, -0.15) is 0 Å². The summed E-state index contributed by atoms with van der Waals surface area (Å²) in [6, 6.07) is 11.1. The summed E-state index contributed by atoms with van der Waals surface area (Å²) in [6.07, 6.45) is 11.9. The smallest absolute Gasteiger partial charge is 0.227 e. The standard InChI is InChI=1S/C25H36N2O2/c28-24-13-12-22(19-27(24)23-10-6-1-2-7-11-23)25(29)26-16-14-21(15-17-26)18-20-8-4-3-5-9-20/h3-5,8-9,21-23H,1-2,6-7,10-19H2. The van der Waals surface area contributed by atoms with Crippen LogP contribution in [0.1, 0.15) is 69.8 Å². The molecule has 0 spiro atoms. The van der Waals surface area contributed by atoms with Crippen molar-refractivity contribution in [2.24, 2.45) is 11.8 Å². The van der Waals surface area contributed by atoms with Crippen molar-refractivity contribution >= 4 is 11.8 Å². The molecule has 2 saturated heterocycles. The van der Waals surface area contributed by atoms with Gasteiger partial charge in [0, 0.05) is 32.1 Å². The molecule has 4 rings (SSSR count). The summed E-state index contributed by atoms with van der Waals surface area (Å²) in [6.45, 7) is 2.42. The summed E-state index contributed by atoms with van der Waals surface area (Å²) in [5.41, 5.74) is 1.40. The molecule has 3 fully saturated rings. The Morgan fingerprint density at radius 2 is 1.59 bits per heavy atom. The molecule has 4 heteroatoms. The summed E-state index contributed by atoms with van der Waals surface area (Å²) in [7, 11) is 0. The van der Waals surface area contributed by atoms with Gasteiger partial charge in [0.1, 0.15) is 0 Å². The van der Waals surface area contributed by atoms with Gasteiger partial charge in [0.15, 0.2) is 0 Å². The number of nitrogens with zero attached hydrogens (tertiary/aromatic N) is 2. The van der Waals surface area contributed by atoms with Crippen LogP contribution in [0.3, 0.4) is 0 Å². The average molecular weight is 397 g/mol. The number of hydrogen-bond acceptors (Lipinski definition) is 2. The first kappa shape index (κ1) is 20.4. The van der Waals surface area contributed by atoms with Crippen LogP contribution in [-0.4, -0.2) is 47.3 Å². The third-order valence-electron chi connectivity index (χ3n) is 7.35. The number of amides is 2. The second kappa shape index (κ2) is 9.77. The molecule has 1 aliphatic carbocycles. The molecule has 0 N–H and O–H groups in total. The Morgan fingerprint density at radius 3 is 2.28 bits per heavy atom. The third kappa shape index (κ3) is 5.21. The molecule has 2 aliphatic heterocycles. The highest BCUT2D eigenvalue weighted by Gasteiger charge is 2.36. The molecule has 4 nitrogen and oxygen atoms in total. The van der Waals surface area contributed by atoms with Gasteiger partial charge in [0.2, 0.25) is 11.8 Å². The first-order valence-corrected chi connectivity index (χ1v) is 11.8. The number of piperidine rings is 2. The monoisotopic (exact) mass is 396 g/mol. The zero-order valence-corrected chi connectivity index (χ0v) is 17.7. The number of carbonyl (C=O) groups excluding carboxylic acids is 2. The Kier molecular flexibility index (Phi) is 6.89. The molecule has 1 aromatic carbocycles. The highest BCUT2D eigenvalue weighted by Crippen LogP contribution is 2.29. The van der Waals surface area contributed by atoms with Crippen LogP contribution in [0.25, 0.3) is 0 Å². The van der Waals surface area contributed by atoms with Crippen LogP contribution in [0, 0.1) is 11.8 Å². The lowest BCUT2D eigenvalue weighted by atomic mass is 9.88. The molecule has 1 saturated carbocycles. The van der Waals surface area contributed by atoms with E-state index in [0.717, 1.165) is 51.6 Å². The minimum Gasteiger partial charge on any atom is -0.342 e. The topological polar surface area (TPSA) is 40.6 Å². The van der Waals surface area contributed by atoms with Crippen LogP contribution >= 0.6 is 0 Å². The second-order valence-electron chi connectivity index (χ2n) is 9.39. The summed E-state index contributed by atoms with van der Waals surface area (Å²) < 4.78 is 0. The maximum atomic E-state index is 13.2. The van der Waals surface area contributed by atoms with Crippen molar-refractivity contribution in [1.82, 2.24) is 9.80 Å². The molecule has 0 aromatic heterocycles. The van der Waals surface area contributed by atoms with E-state index >= 15 is 0 Å². The molecule has 1 atom stereocenters. The van der Waals surface area contributed by atoms with E-state index in [1.807, 2.05) is 0 Å². The predicted octanol–water partition coefficient (Wildman–Crippen LogP) is 4.43. The van der Waals surface area contributed by atoms with Gasteiger partial charge in [-0.3, -0.25) is 9.59 Å². The molecule has 2 heterocycles. The summed E-state index contributed by atoms with van der Waals surface area (Å²) in [4.78, 5) is 30.0. The van der Waals surface area contributed by atoms with Gasteiger partial charge < -0.3 is 9.80 Å². The van der Waals surface area contributed by atoms with Gasteiger partial charge in [-0.1, -0.05) is 56.0 Å². The number of rotatable bonds is 4. The van der Waals surface area contributed by atoms with Crippen LogP contribution in [0.2, 0.25) is 0 Å². The maximum absolute atomic E-state index is 13.2. The van der Waals surface area contributed by atoms with Crippen LogP contribution in [0.15, 0.2) is 30.3 Å². The average Bonchev–Trinajstić information content (AvgIpc) is 3.04. The van der Waals surface area contributed by atoms with E-state index in [0.29, 0.717) is 30.8 Å². The van der Waals surface area contributed by atoms with Crippen LogP contribution < -0.4 is 0 Å². The van der Waals surface area contributed by atoms with E-state index in [2.05, 4.69) is 40.1 Å².